The van der Waals surface area contributed by atoms with E-state index in [1.54, 1.807) is 32.3 Å². The van der Waals surface area contributed by atoms with E-state index in [4.69, 9.17) is 14.2 Å². The Morgan fingerprint density at radius 2 is 1.80 bits per heavy atom. The van der Waals surface area contributed by atoms with E-state index >= 15 is 0 Å². The van der Waals surface area contributed by atoms with Crippen LogP contribution in [0.5, 0.6) is 17.2 Å². The van der Waals surface area contributed by atoms with Crippen LogP contribution in [0, 0.1) is 5.92 Å². The third-order valence-electron chi connectivity index (χ3n) is 5.63. The third-order valence-corrected chi connectivity index (χ3v) is 5.63. The molecule has 0 aliphatic heterocycles. The molecule has 1 aliphatic carbocycles. The third kappa shape index (κ3) is 6.05. The largest absolute Gasteiger partial charge is 0.493 e. The topological polar surface area (TPSA) is 86.9 Å². The van der Waals surface area contributed by atoms with Gasteiger partial charge < -0.3 is 29.4 Å². The first-order valence-corrected chi connectivity index (χ1v) is 11.8. The Hall–Kier alpha value is -3.72. The van der Waals surface area contributed by atoms with Crippen LogP contribution in [0.3, 0.4) is 0 Å². The molecule has 9 heteroatoms. The van der Waals surface area contributed by atoms with Crippen LogP contribution in [0.2, 0.25) is 0 Å². The van der Waals surface area contributed by atoms with Crippen molar-refractivity contribution in [2.24, 2.45) is 11.0 Å². The summed E-state index contributed by atoms with van der Waals surface area (Å²) in [6.07, 6.45) is 6.21. The van der Waals surface area contributed by atoms with Crippen molar-refractivity contribution < 1.29 is 14.2 Å². The summed E-state index contributed by atoms with van der Waals surface area (Å²) in [4.78, 5) is 4.46. The number of nitrogens with one attached hydrogen (secondary N) is 2. The molecule has 1 aliphatic rings. The van der Waals surface area contributed by atoms with Gasteiger partial charge in [0, 0.05) is 25.4 Å². The highest BCUT2D eigenvalue weighted by molar-refractivity contribution is 5.72. The predicted molar refractivity (Wildman–Crippen MR) is 141 cm³/mol. The van der Waals surface area contributed by atoms with Crippen molar-refractivity contribution in [3.8, 4) is 22.9 Å². The molecule has 9 nitrogen and oxygen atoms in total. The van der Waals surface area contributed by atoms with Crippen molar-refractivity contribution in [3.05, 3.63) is 54.8 Å². The second kappa shape index (κ2) is 12.1. The zero-order valence-electron chi connectivity index (χ0n) is 21.3. The predicted octanol–water partition coefficient (Wildman–Crippen LogP) is 4.77. The maximum absolute atomic E-state index is 5.45. The summed E-state index contributed by atoms with van der Waals surface area (Å²) in [6.45, 7) is 13.7. The van der Waals surface area contributed by atoms with Crippen LogP contribution in [0.15, 0.2) is 48.5 Å². The standard InChI is InChI=1S/C24H30N6O3.C2H6/c1-16(20-9-8-18(30(20)25-2)13-26-12-17-6-7-17)28-23-14-29(15-27-23)19-10-21(31-3)24(33-5)22(11-19)32-4;1-2/h8-11,14-15,17,26,28H,1-2,6-7,12-13H2,3-5H3;1-2H3. The van der Waals surface area contributed by atoms with E-state index in [9.17, 15) is 0 Å². The minimum atomic E-state index is 0.538. The Bertz CT molecular complexity index is 1120. The number of rotatable bonds is 12. The summed E-state index contributed by atoms with van der Waals surface area (Å²) in [5.41, 5.74) is 3.35. The van der Waals surface area contributed by atoms with Crippen LogP contribution in [0.1, 0.15) is 38.1 Å². The van der Waals surface area contributed by atoms with E-state index in [1.165, 1.54) is 12.8 Å². The number of methoxy groups -OCH3 is 3. The summed E-state index contributed by atoms with van der Waals surface area (Å²) in [5, 5.41) is 10.9. The van der Waals surface area contributed by atoms with Gasteiger partial charge in [-0.25, -0.2) is 9.66 Å². The van der Waals surface area contributed by atoms with Gasteiger partial charge in [-0.2, -0.15) is 5.10 Å². The molecule has 1 aromatic carbocycles. The lowest BCUT2D eigenvalue weighted by molar-refractivity contribution is 0.324. The van der Waals surface area contributed by atoms with Crippen LogP contribution in [0.25, 0.3) is 11.4 Å². The average Bonchev–Trinajstić information content (AvgIpc) is 3.44. The second-order valence-electron chi connectivity index (χ2n) is 7.89. The number of anilines is 1. The van der Waals surface area contributed by atoms with Gasteiger partial charge in [0.2, 0.25) is 5.75 Å². The molecule has 2 heterocycles. The molecule has 4 rings (SSSR count). The van der Waals surface area contributed by atoms with E-state index in [0.717, 1.165) is 36.1 Å². The molecule has 1 saturated carbocycles. The lowest BCUT2D eigenvalue weighted by Gasteiger charge is -2.14. The highest BCUT2D eigenvalue weighted by Crippen LogP contribution is 2.39. The summed E-state index contributed by atoms with van der Waals surface area (Å²) >= 11 is 0. The molecule has 0 unspecified atom stereocenters. The molecule has 35 heavy (non-hydrogen) atoms. The van der Waals surface area contributed by atoms with E-state index in [-0.39, 0.29) is 0 Å². The molecule has 0 saturated heterocycles. The Morgan fingerprint density at radius 1 is 1.11 bits per heavy atom. The monoisotopic (exact) mass is 480 g/mol. The maximum Gasteiger partial charge on any atom is 0.203 e. The lowest BCUT2D eigenvalue weighted by Crippen LogP contribution is -2.18. The van der Waals surface area contributed by atoms with Gasteiger partial charge in [-0.15, -0.1) is 0 Å². The van der Waals surface area contributed by atoms with Gasteiger partial charge in [0.15, 0.2) is 11.5 Å². The smallest absolute Gasteiger partial charge is 0.203 e. The van der Waals surface area contributed by atoms with Gasteiger partial charge in [0.05, 0.1) is 50.3 Å². The van der Waals surface area contributed by atoms with E-state index in [1.807, 2.05) is 48.9 Å². The Balaban J connectivity index is 0.00000167. The molecule has 0 radical (unpaired) electrons. The normalized spacial score (nSPS) is 12.4. The molecular weight excluding hydrogens is 444 g/mol. The number of aromatic nitrogens is 3. The highest BCUT2D eigenvalue weighted by Gasteiger charge is 2.21. The number of benzene rings is 1. The van der Waals surface area contributed by atoms with Gasteiger partial charge in [-0.3, -0.25) is 0 Å². The molecule has 3 aromatic rings. The number of hydrogen-bond donors (Lipinski definition) is 2. The van der Waals surface area contributed by atoms with Crippen molar-refractivity contribution in [1.82, 2.24) is 19.5 Å². The van der Waals surface area contributed by atoms with Gasteiger partial charge in [0.25, 0.3) is 0 Å². The van der Waals surface area contributed by atoms with Crippen molar-refractivity contribution in [3.63, 3.8) is 0 Å². The zero-order valence-corrected chi connectivity index (χ0v) is 21.3. The maximum atomic E-state index is 5.45. The van der Waals surface area contributed by atoms with Crippen molar-refractivity contribution >= 4 is 18.2 Å². The van der Waals surface area contributed by atoms with Crippen LogP contribution in [0.4, 0.5) is 5.82 Å². The highest BCUT2D eigenvalue weighted by atomic mass is 16.5. The van der Waals surface area contributed by atoms with Gasteiger partial charge in [0.1, 0.15) is 12.1 Å². The van der Waals surface area contributed by atoms with Crippen molar-refractivity contribution in [2.45, 2.75) is 33.2 Å². The first-order valence-electron chi connectivity index (χ1n) is 11.8. The average molecular weight is 481 g/mol. The molecule has 2 aromatic heterocycles. The van der Waals surface area contributed by atoms with Crippen LogP contribution < -0.4 is 24.8 Å². The van der Waals surface area contributed by atoms with Gasteiger partial charge in [-0.05, 0) is 37.4 Å². The quantitative estimate of drug-likeness (QED) is 0.363. The first-order chi connectivity index (χ1) is 17.1. The molecule has 0 spiro atoms. The number of ether oxygens (including phenoxy) is 3. The number of imidazole rings is 1. The SMILES string of the molecule is C=Nn1c(CNCC2CC2)ccc1C(=C)Nc1cn(-c2cc(OC)c(OC)c(OC)c2)cn1.CC. The number of hydrogen-bond acceptors (Lipinski definition) is 7. The van der Waals surface area contributed by atoms with E-state index < -0.39 is 0 Å². The fourth-order valence-electron chi connectivity index (χ4n) is 3.69. The summed E-state index contributed by atoms with van der Waals surface area (Å²) in [6, 6.07) is 7.73. The van der Waals surface area contributed by atoms with E-state index in [0.29, 0.717) is 28.8 Å². The molecule has 1 fully saturated rings. The number of nitrogens with zero attached hydrogens (tertiary/aromatic N) is 4. The Labute approximate surface area is 207 Å². The molecular formula is C26H36N6O3. The second-order valence-corrected chi connectivity index (χ2v) is 7.89. The van der Waals surface area contributed by atoms with Crippen LogP contribution in [-0.2, 0) is 6.54 Å². The molecule has 0 amide bonds. The van der Waals surface area contributed by atoms with Crippen molar-refractivity contribution in [1.29, 1.82) is 0 Å². The zero-order chi connectivity index (χ0) is 25.4. The van der Waals surface area contributed by atoms with Crippen LogP contribution >= 0.6 is 0 Å². The Kier molecular flexibility index (Phi) is 8.97. The fraction of sp³-hybridized carbons (Fsp3) is 0.385. The molecule has 0 bridgehead atoms. The summed E-state index contributed by atoms with van der Waals surface area (Å²) < 4.78 is 20.0. The van der Waals surface area contributed by atoms with Crippen molar-refractivity contribution in [2.75, 3.05) is 33.2 Å². The van der Waals surface area contributed by atoms with Gasteiger partial charge >= 0.3 is 0 Å². The minimum Gasteiger partial charge on any atom is -0.493 e. The van der Waals surface area contributed by atoms with Crippen LogP contribution in [-0.4, -0.2) is 48.8 Å². The summed E-state index contributed by atoms with van der Waals surface area (Å²) in [7, 11) is 4.75. The molecule has 2 N–H and O–H groups in total. The molecule has 188 valence electrons. The molecule has 0 atom stereocenters. The van der Waals surface area contributed by atoms with Gasteiger partial charge in [-0.1, -0.05) is 20.4 Å². The minimum absolute atomic E-state index is 0.538. The Morgan fingerprint density at radius 3 is 2.37 bits per heavy atom. The fourth-order valence-corrected chi connectivity index (χ4v) is 3.69. The first kappa shape index (κ1) is 25.9. The van der Waals surface area contributed by atoms with E-state index in [2.05, 4.69) is 34.0 Å². The summed E-state index contributed by atoms with van der Waals surface area (Å²) in [5.74, 6) is 3.13. The lowest BCUT2D eigenvalue weighted by atomic mass is 10.2.